The molecule has 4 aromatic rings. The molecule has 0 aliphatic carbocycles. The first kappa shape index (κ1) is 15.6. The molecule has 25 heavy (non-hydrogen) atoms. The van der Waals surface area contributed by atoms with Gasteiger partial charge in [-0.1, -0.05) is 36.4 Å². The second-order valence-corrected chi connectivity index (χ2v) is 6.60. The van der Waals surface area contributed by atoms with E-state index in [0.717, 1.165) is 44.3 Å². The minimum absolute atomic E-state index is 0.240. The Kier molecular flexibility index (Phi) is 4.07. The van der Waals surface area contributed by atoms with E-state index >= 15 is 0 Å². The summed E-state index contributed by atoms with van der Waals surface area (Å²) in [6, 6.07) is 19.0. The molecule has 0 bridgehead atoms. The zero-order valence-electron chi connectivity index (χ0n) is 13.5. The lowest BCUT2D eigenvalue weighted by Gasteiger charge is -2.15. The summed E-state index contributed by atoms with van der Waals surface area (Å²) in [5.41, 5.74) is 5.14. The number of hydrogen-bond donors (Lipinski definition) is 0. The minimum atomic E-state index is -0.240. The zero-order chi connectivity index (χ0) is 17.2. The molecule has 3 heterocycles. The summed E-state index contributed by atoms with van der Waals surface area (Å²) in [6.45, 7) is 1.92. The molecule has 0 saturated heterocycles. The first-order valence-corrected chi connectivity index (χ1v) is 8.65. The van der Waals surface area contributed by atoms with E-state index in [2.05, 4.69) is 15.2 Å². The van der Waals surface area contributed by atoms with Crippen molar-refractivity contribution in [2.45, 2.75) is 6.92 Å². The smallest absolute Gasteiger partial charge is 0.177 e. The quantitative estimate of drug-likeness (QED) is 0.499. The van der Waals surface area contributed by atoms with Crippen molar-refractivity contribution in [3.05, 3.63) is 77.7 Å². The maximum atomic E-state index is 13.6. The van der Waals surface area contributed by atoms with Gasteiger partial charge in [-0.3, -0.25) is 4.98 Å². The molecule has 0 saturated carbocycles. The fourth-order valence-corrected chi connectivity index (χ4v) is 3.57. The van der Waals surface area contributed by atoms with Gasteiger partial charge in [0.25, 0.3) is 0 Å². The highest BCUT2D eigenvalue weighted by molar-refractivity contribution is 7.13. The zero-order valence-corrected chi connectivity index (χ0v) is 14.3. The molecule has 0 spiro atoms. The predicted octanol–water partition coefficient (Wildman–Crippen LogP) is 5.38. The van der Waals surface area contributed by atoms with Crippen molar-refractivity contribution in [1.82, 2.24) is 15.2 Å². The van der Waals surface area contributed by atoms with Crippen molar-refractivity contribution in [2.75, 3.05) is 0 Å². The summed E-state index contributed by atoms with van der Waals surface area (Å²) in [6.07, 6.45) is 1.76. The Balaban J connectivity index is 2.07. The number of hydrogen-bond acceptors (Lipinski definition) is 4. The molecule has 0 N–H and O–H groups in total. The van der Waals surface area contributed by atoms with E-state index in [-0.39, 0.29) is 5.13 Å². The Hall–Kier alpha value is -2.92. The van der Waals surface area contributed by atoms with Crippen LogP contribution in [0, 0.1) is 12.1 Å². The van der Waals surface area contributed by atoms with Crippen LogP contribution < -0.4 is 0 Å². The molecular weight excluding hydrogens is 333 g/mol. The number of pyridine rings is 1. The monoisotopic (exact) mass is 347 g/mol. The normalized spacial score (nSPS) is 10.8. The van der Waals surface area contributed by atoms with Gasteiger partial charge in [-0.2, -0.15) is 9.49 Å². The molecule has 0 unspecified atom stereocenters. The number of aromatic nitrogens is 3. The molecule has 4 rings (SSSR count). The Labute approximate surface area is 148 Å². The van der Waals surface area contributed by atoms with Crippen LogP contribution in [-0.2, 0) is 0 Å². The number of nitrogens with zero attached hydrogens (tertiary/aromatic N) is 3. The van der Waals surface area contributed by atoms with Gasteiger partial charge >= 0.3 is 0 Å². The molecule has 0 aliphatic heterocycles. The summed E-state index contributed by atoms with van der Waals surface area (Å²) in [5.74, 6) is 0. The van der Waals surface area contributed by atoms with Crippen LogP contribution in [0.4, 0.5) is 4.39 Å². The summed E-state index contributed by atoms with van der Waals surface area (Å²) in [7, 11) is 0. The average molecular weight is 347 g/mol. The Morgan fingerprint density at radius 1 is 0.840 bits per heavy atom. The highest BCUT2D eigenvalue weighted by Crippen LogP contribution is 2.40. The lowest BCUT2D eigenvalue weighted by Crippen LogP contribution is -2.00. The third-order valence-electron chi connectivity index (χ3n) is 3.94. The van der Waals surface area contributed by atoms with E-state index in [1.807, 2.05) is 55.5 Å². The predicted molar refractivity (Wildman–Crippen MR) is 98.7 cm³/mol. The highest BCUT2D eigenvalue weighted by Gasteiger charge is 2.20. The van der Waals surface area contributed by atoms with Gasteiger partial charge in [0.1, 0.15) is 5.69 Å². The standard InChI is InChI=1S/C20H14FN3S/c1-13-18(15-9-5-6-12-22-15)19(14-7-3-2-4-8-14)20(24-23-13)16-10-11-17(21)25-16/h2-12H,1H3. The van der Waals surface area contributed by atoms with Gasteiger partial charge in [0.05, 0.1) is 16.3 Å². The van der Waals surface area contributed by atoms with Gasteiger partial charge in [0.15, 0.2) is 5.13 Å². The van der Waals surface area contributed by atoms with Crippen LogP contribution in [0.2, 0.25) is 0 Å². The SMILES string of the molecule is Cc1nnc(-c2ccc(F)s2)c(-c2ccccc2)c1-c1ccccn1. The van der Waals surface area contributed by atoms with Gasteiger partial charge in [-0.25, -0.2) is 0 Å². The van der Waals surface area contributed by atoms with E-state index in [0.29, 0.717) is 5.69 Å². The second-order valence-electron chi connectivity index (χ2n) is 5.57. The van der Waals surface area contributed by atoms with Crippen LogP contribution in [0.3, 0.4) is 0 Å². The Morgan fingerprint density at radius 2 is 1.64 bits per heavy atom. The molecule has 0 aliphatic rings. The fraction of sp³-hybridized carbons (Fsp3) is 0.0500. The van der Waals surface area contributed by atoms with Crippen molar-refractivity contribution in [3.8, 4) is 33.0 Å². The third kappa shape index (κ3) is 2.94. The summed E-state index contributed by atoms with van der Waals surface area (Å²) < 4.78 is 13.6. The number of rotatable bonds is 3. The summed E-state index contributed by atoms with van der Waals surface area (Å²) >= 11 is 1.07. The Bertz CT molecular complexity index is 1010. The first-order chi connectivity index (χ1) is 12.2. The van der Waals surface area contributed by atoms with E-state index < -0.39 is 0 Å². The largest absolute Gasteiger partial charge is 0.256 e. The maximum absolute atomic E-state index is 13.6. The van der Waals surface area contributed by atoms with Gasteiger partial charge in [0.2, 0.25) is 0 Å². The van der Waals surface area contributed by atoms with E-state index in [1.54, 1.807) is 12.3 Å². The Morgan fingerprint density at radius 3 is 2.32 bits per heavy atom. The number of thiophene rings is 1. The van der Waals surface area contributed by atoms with E-state index in [4.69, 9.17) is 0 Å². The maximum Gasteiger partial charge on any atom is 0.177 e. The van der Waals surface area contributed by atoms with Crippen LogP contribution in [0.5, 0.6) is 0 Å². The van der Waals surface area contributed by atoms with Gasteiger partial charge in [-0.05, 0) is 36.8 Å². The molecule has 5 heteroatoms. The van der Waals surface area contributed by atoms with Crippen LogP contribution in [0.1, 0.15) is 5.69 Å². The molecular formula is C20H14FN3S. The van der Waals surface area contributed by atoms with E-state index in [9.17, 15) is 4.39 Å². The fourth-order valence-electron chi connectivity index (χ4n) is 2.85. The average Bonchev–Trinajstić information content (AvgIpc) is 3.09. The number of aryl methyl sites for hydroxylation is 1. The van der Waals surface area contributed by atoms with Gasteiger partial charge in [0, 0.05) is 17.3 Å². The number of benzene rings is 1. The van der Waals surface area contributed by atoms with Crippen LogP contribution in [0.25, 0.3) is 33.0 Å². The molecule has 0 atom stereocenters. The van der Waals surface area contributed by atoms with Crippen LogP contribution in [0.15, 0.2) is 66.9 Å². The van der Waals surface area contributed by atoms with Crippen molar-refractivity contribution in [2.24, 2.45) is 0 Å². The third-order valence-corrected chi connectivity index (χ3v) is 4.82. The first-order valence-electron chi connectivity index (χ1n) is 7.84. The minimum Gasteiger partial charge on any atom is -0.256 e. The molecule has 0 radical (unpaired) electrons. The number of halogens is 1. The summed E-state index contributed by atoms with van der Waals surface area (Å²) in [4.78, 5) is 5.25. The summed E-state index contributed by atoms with van der Waals surface area (Å²) in [5, 5.41) is 8.47. The van der Waals surface area contributed by atoms with Crippen molar-refractivity contribution >= 4 is 11.3 Å². The molecule has 122 valence electrons. The molecule has 0 fully saturated rings. The van der Waals surface area contributed by atoms with Crippen molar-refractivity contribution in [3.63, 3.8) is 0 Å². The molecule has 3 aromatic heterocycles. The lowest BCUT2D eigenvalue weighted by molar-refractivity contribution is 0.657. The van der Waals surface area contributed by atoms with Gasteiger partial charge in [-0.15, -0.1) is 16.4 Å². The lowest BCUT2D eigenvalue weighted by atomic mass is 9.94. The molecule has 1 aromatic carbocycles. The molecule has 3 nitrogen and oxygen atoms in total. The second kappa shape index (κ2) is 6.53. The van der Waals surface area contributed by atoms with Crippen LogP contribution in [-0.4, -0.2) is 15.2 Å². The van der Waals surface area contributed by atoms with Crippen molar-refractivity contribution < 1.29 is 4.39 Å². The van der Waals surface area contributed by atoms with Crippen molar-refractivity contribution in [1.29, 1.82) is 0 Å². The highest BCUT2D eigenvalue weighted by atomic mass is 32.1. The molecule has 0 amide bonds. The van der Waals surface area contributed by atoms with Crippen LogP contribution >= 0.6 is 11.3 Å². The topological polar surface area (TPSA) is 38.7 Å². The van der Waals surface area contributed by atoms with E-state index in [1.165, 1.54) is 6.07 Å². The van der Waals surface area contributed by atoms with Gasteiger partial charge < -0.3 is 0 Å².